The molecule has 31 heavy (non-hydrogen) atoms. The molecule has 3 rings (SSSR count). The number of hydrogen-bond acceptors (Lipinski definition) is 5. The molecule has 0 aliphatic carbocycles. The largest absolute Gasteiger partial charge is 0.492 e. The summed E-state index contributed by atoms with van der Waals surface area (Å²) < 4.78 is 61.6. The van der Waals surface area contributed by atoms with Gasteiger partial charge in [0.15, 0.2) is 0 Å². The highest BCUT2D eigenvalue weighted by molar-refractivity contribution is 7.92. The van der Waals surface area contributed by atoms with Gasteiger partial charge in [-0.1, -0.05) is 31.9 Å². The molecule has 0 amide bonds. The van der Waals surface area contributed by atoms with E-state index in [1.165, 1.54) is 22.5 Å². The fourth-order valence-electron chi connectivity index (χ4n) is 3.63. The van der Waals surface area contributed by atoms with Crippen molar-refractivity contribution in [2.45, 2.75) is 55.7 Å². The molecule has 1 saturated heterocycles. The monoisotopic (exact) mass is 466 g/mol. The number of benzene rings is 2. The zero-order valence-corrected chi connectivity index (χ0v) is 19.6. The number of hydrogen-bond donors (Lipinski definition) is 1. The maximum Gasteiger partial charge on any atom is 0.261 e. The summed E-state index contributed by atoms with van der Waals surface area (Å²) in [6.07, 6.45) is 4.48. The van der Waals surface area contributed by atoms with Gasteiger partial charge < -0.3 is 4.74 Å². The van der Waals surface area contributed by atoms with Crippen LogP contribution in [0.25, 0.3) is 0 Å². The van der Waals surface area contributed by atoms with Crippen LogP contribution in [0.5, 0.6) is 5.75 Å². The predicted octanol–water partition coefficient (Wildman–Crippen LogP) is 4.01. The summed E-state index contributed by atoms with van der Waals surface area (Å²) in [5.74, 6) is 0.222. The molecule has 2 aromatic rings. The van der Waals surface area contributed by atoms with Crippen LogP contribution in [-0.2, 0) is 26.5 Å². The molecule has 0 atom stereocenters. The van der Waals surface area contributed by atoms with E-state index in [-0.39, 0.29) is 21.2 Å². The lowest BCUT2D eigenvalue weighted by atomic mass is 10.1. The zero-order valence-electron chi connectivity index (χ0n) is 18.0. The third kappa shape index (κ3) is 5.58. The number of ether oxygens (including phenoxy) is 1. The number of nitrogens with one attached hydrogen (secondary N) is 1. The molecule has 1 aliphatic heterocycles. The minimum Gasteiger partial charge on any atom is -0.492 e. The summed E-state index contributed by atoms with van der Waals surface area (Å²) in [4.78, 5) is 0.108. The molecule has 0 saturated carbocycles. The van der Waals surface area contributed by atoms with Crippen molar-refractivity contribution in [2.75, 3.05) is 24.4 Å². The summed E-state index contributed by atoms with van der Waals surface area (Å²) in [5, 5.41) is 0. The Morgan fingerprint density at radius 2 is 1.61 bits per heavy atom. The van der Waals surface area contributed by atoms with Gasteiger partial charge >= 0.3 is 0 Å². The molecule has 0 unspecified atom stereocenters. The lowest BCUT2D eigenvalue weighted by molar-refractivity contribution is 0.323. The van der Waals surface area contributed by atoms with Gasteiger partial charge in [0.1, 0.15) is 10.6 Å². The number of anilines is 1. The molecule has 7 nitrogen and oxygen atoms in total. The van der Waals surface area contributed by atoms with Gasteiger partial charge in [-0.2, -0.15) is 4.31 Å². The lowest BCUT2D eigenvalue weighted by Crippen LogP contribution is -2.35. The van der Waals surface area contributed by atoms with E-state index in [2.05, 4.69) is 11.6 Å². The molecule has 170 valence electrons. The van der Waals surface area contributed by atoms with Gasteiger partial charge in [-0.05, 0) is 62.1 Å². The van der Waals surface area contributed by atoms with E-state index in [1.54, 1.807) is 31.2 Å². The normalized spacial score (nSPS) is 15.5. The Bertz CT molecular complexity index is 1090. The Labute approximate surface area is 185 Å². The molecule has 1 N–H and O–H groups in total. The average molecular weight is 467 g/mol. The van der Waals surface area contributed by atoms with Gasteiger partial charge in [-0.15, -0.1) is 0 Å². The number of piperidine rings is 1. The van der Waals surface area contributed by atoms with E-state index < -0.39 is 20.0 Å². The first-order valence-electron chi connectivity index (χ1n) is 10.7. The first kappa shape index (κ1) is 23.6. The van der Waals surface area contributed by atoms with Gasteiger partial charge in [0.25, 0.3) is 10.0 Å². The van der Waals surface area contributed by atoms with Crippen LogP contribution < -0.4 is 9.46 Å². The topological polar surface area (TPSA) is 92.8 Å². The molecule has 1 heterocycles. The smallest absolute Gasteiger partial charge is 0.261 e. The van der Waals surface area contributed by atoms with Crippen molar-refractivity contribution in [3.8, 4) is 5.75 Å². The van der Waals surface area contributed by atoms with Crippen molar-refractivity contribution >= 4 is 25.7 Å². The minimum atomic E-state index is -3.86. The van der Waals surface area contributed by atoms with Crippen molar-refractivity contribution < 1.29 is 21.6 Å². The van der Waals surface area contributed by atoms with Gasteiger partial charge in [-0.3, -0.25) is 4.72 Å². The summed E-state index contributed by atoms with van der Waals surface area (Å²) in [7, 11) is -7.65. The van der Waals surface area contributed by atoms with Crippen molar-refractivity contribution in [3.63, 3.8) is 0 Å². The van der Waals surface area contributed by atoms with Gasteiger partial charge in [-0.25, -0.2) is 16.8 Å². The Morgan fingerprint density at radius 1 is 0.935 bits per heavy atom. The Balaban J connectivity index is 1.92. The second-order valence-corrected chi connectivity index (χ2v) is 11.1. The van der Waals surface area contributed by atoms with Crippen LogP contribution in [0.3, 0.4) is 0 Å². The van der Waals surface area contributed by atoms with E-state index in [0.29, 0.717) is 19.7 Å². The van der Waals surface area contributed by atoms with E-state index in [9.17, 15) is 16.8 Å². The quantitative estimate of drug-likeness (QED) is 0.603. The van der Waals surface area contributed by atoms with Crippen molar-refractivity contribution in [1.82, 2.24) is 4.31 Å². The van der Waals surface area contributed by atoms with Crippen molar-refractivity contribution in [1.29, 1.82) is 0 Å². The van der Waals surface area contributed by atoms with Crippen LogP contribution >= 0.6 is 0 Å². The molecule has 0 radical (unpaired) electrons. The summed E-state index contributed by atoms with van der Waals surface area (Å²) >= 11 is 0. The van der Waals surface area contributed by atoms with Crippen LogP contribution in [-0.4, -0.2) is 40.8 Å². The van der Waals surface area contributed by atoms with Crippen LogP contribution in [0.15, 0.2) is 52.3 Å². The first-order valence-corrected chi connectivity index (χ1v) is 13.6. The van der Waals surface area contributed by atoms with Gasteiger partial charge in [0.05, 0.1) is 17.2 Å². The van der Waals surface area contributed by atoms with Crippen LogP contribution in [0.2, 0.25) is 0 Å². The second-order valence-electron chi connectivity index (χ2n) is 7.56. The maximum absolute atomic E-state index is 13.2. The highest BCUT2D eigenvalue weighted by Crippen LogP contribution is 2.32. The Morgan fingerprint density at radius 3 is 2.23 bits per heavy atom. The first-order chi connectivity index (χ1) is 14.8. The van der Waals surface area contributed by atoms with Crippen LogP contribution in [0.4, 0.5) is 5.69 Å². The molecule has 0 bridgehead atoms. The summed E-state index contributed by atoms with van der Waals surface area (Å²) in [6, 6.07) is 11.1. The fraction of sp³-hybridized carbons (Fsp3) is 0.455. The molecule has 1 fully saturated rings. The minimum absolute atomic E-state index is 0.0188. The number of rotatable bonds is 9. The van der Waals surface area contributed by atoms with Crippen molar-refractivity contribution in [2.24, 2.45) is 0 Å². The van der Waals surface area contributed by atoms with E-state index in [1.807, 2.05) is 0 Å². The highest BCUT2D eigenvalue weighted by atomic mass is 32.2. The fourth-order valence-corrected chi connectivity index (χ4v) is 6.35. The average Bonchev–Trinajstić information content (AvgIpc) is 2.76. The molecular weight excluding hydrogens is 436 g/mol. The van der Waals surface area contributed by atoms with Crippen LogP contribution in [0.1, 0.15) is 45.1 Å². The van der Waals surface area contributed by atoms with Gasteiger partial charge in [0.2, 0.25) is 10.0 Å². The summed E-state index contributed by atoms with van der Waals surface area (Å²) in [5.41, 5.74) is 1.24. The molecule has 0 spiro atoms. The van der Waals surface area contributed by atoms with E-state index in [4.69, 9.17) is 4.74 Å². The van der Waals surface area contributed by atoms with Crippen LogP contribution in [0, 0.1) is 0 Å². The predicted molar refractivity (Wildman–Crippen MR) is 121 cm³/mol. The number of sulfonamides is 2. The molecular formula is C22H30N2O5S2. The highest BCUT2D eigenvalue weighted by Gasteiger charge is 2.29. The lowest BCUT2D eigenvalue weighted by Gasteiger charge is -2.27. The Kier molecular flexibility index (Phi) is 7.61. The molecule has 0 aromatic heterocycles. The van der Waals surface area contributed by atoms with Gasteiger partial charge in [0, 0.05) is 13.1 Å². The third-order valence-corrected chi connectivity index (χ3v) is 8.52. The zero-order chi connectivity index (χ0) is 22.5. The maximum atomic E-state index is 13.2. The number of nitrogens with zero attached hydrogens (tertiary/aromatic N) is 1. The Hall–Kier alpha value is -2.10. The number of aryl methyl sites for hydroxylation is 1. The van der Waals surface area contributed by atoms with Crippen molar-refractivity contribution in [3.05, 3.63) is 48.0 Å². The molecule has 2 aromatic carbocycles. The molecule has 9 heteroatoms. The SMILES string of the molecule is CCCc1ccc(S(=O)(=O)Nc2ccc(OCC)c(S(=O)(=O)N3CCCCC3)c2)cc1. The summed E-state index contributed by atoms with van der Waals surface area (Å²) in [6.45, 7) is 5.05. The second kappa shape index (κ2) is 10.0. The van der Waals surface area contributed by atoms with E-state index >= 15 is 0 Å². The van der Waals surface area contributed by atoms with E-state index in [0.717, 1.165) is 37.7 Å². The third-order valence-electron chi connectivity index (χ3n) is 5.20. The standard InChI is InChI=1S/C22H30N2O5S2/c1-3-8-18-9-12-20(13-10-18)30(25,26)23-19-11-14-21(29-4-2)22(17-19)31(27,28)24-15-6-5-7-16-24/h9-14,17,23H,3-8,15-16H2,1-2H3. The molecule has 1 aliphatic rings.